The van der Waals surface area contributed by atoms with Gasteiger partial charge in [-0.3, -0.25) is 9.78 Å². The van der Waals surface area contributed by atoms with E-state index in [0.717, 1.165) is 43.0 Å². The maximum Gasteiger partial charge on any atom is 0.226 e. The summed E-state index contributed by atoms with van der Waals surface area (Å²) in [5.74, 6) is -1.12. The quantitative estimate of drug-likeness (QED) is 0.884. The van der Waals surface area contributed by atoms with Crippen molar-refractivity contribution in [1.82, 2.24) is 10.3 Å². The van der Waals surface area contributed by atoms with Gasteiger partial charge in [-0.2, -0.15) is 0 Å². The summed E-state index contributed by atoms with van der Waals surface area (Å²) in [5.41, 5.74) is 1.79. The lowest BCUT2D eigenvalue weighted by atomic mass is 9.92. The lowest BCUT2D eigenvalue weighted by Crippen LogP contribution is -2.40. The molecule has 0 saturated heterocycles. The molecule has 1 saturated carbocycles. The molecule has 0 spiro atoms. The Morgan fingerprint density at radius 3 is 2.54 bits per heavy atom. The molecule has 1 aliphatic carbocycles. The highest BCUT2D eigenvalue weighted by atomic mass is 19.1. The van der Waals surface area contributed by atoms with E-state index in [1.165, 1.54) is 12.1 Å². The van der Waals surface area contributed by atoms with Crippen molar-refractivity contribution in [2.45, 2.75) is 51.2 Å². The average Bonchev–Trinajstić information content (AvgIpc) is 2.58. The van der Waals surface area contributed by atoms with Gasteiger partial charge in [0, 0.05) is 30.4 Å². The molecule has 138 valence electrons. The molecule has 0 bridgehead atoms. The first-order chi connectivity index (χ1) is 12.5. The van der Waals surface area contributed by atoms with Gasteiger partial charge in [-0.25, -0.2) is 8.78 Å². The molecule has 2 aromatic rings. The Balaban J connectivity index is 1.46. The maximum absolute atomic E-state index is 13.2. The van der Waals surface area contributed by atoms with E-state index in [1.807, 2.05) is 19.1 Å². The highest BCUT2D eigenvalue weighted by Crippen LogP contribution is 2.25. The zero-order valence-electron chi connectivity index (χ0n) is 14.7. The van der Waals surface area contributed by atoms with Gasteiger partial charge in [0.05, 0.1) is 18.2 Å². The number of carbonyl (C=O) groups is 1. The number of rotatable bonds is 5. The maximum atomic E-state index is 13.2. The number of hydrogen-bond donors (Lipinski definition) is 1. The van der Waals surface area contributed by atoms with Crippen molar-refractivity contribution in [3.8, 4) is 5.75 Å². The summed E-state index contributed by atoms with van der Waals surface area (Å²) >= 11 is 0. The van der Waals surface area contributed by atoms with Gasteiger partial charge in [0.25, 0.3) is 0 Å². The first-order valence-electron chi connectivity index (χ1n) is 8.82. The van der Waals surface area contributed by atoms with Gasteiger partial charge in [0.2, 0.25) is 5.91 Å². The lowest BCUT2D eigenvalue weighted by Gasteiger charge is -2.29. The van der Waals surface area contributed by atoms with Gasteiger partial charge >= 0.3 is 0 Å². The second kappa shape index (κ2) is 8.25. The van der Waals surface area contributed by atoms with Gasteiger partial charge in [-0.1, -0.05) is 6.07 Å². The number of pyridine rings is 1. The number of benzene rings is 1. The van der Waals surface area contributed by atoms with Gasteiger partial charge in [0.1, 0.15) is 17.4 Å². The fourth-order valence-electron chi connectivity index (χ4n) is 3.25. The zero-order chi connectivity index (χ0) is 18.5. The molecular formula is C20H22F2N2O2. The summed E-state index contributed by atoms with van der Waals surface area (Å²) in [6.07, 6.45) is 4.86. The monoisotopic (exact) mass is 360 g/mol. The van der Waals surface area contributed by atoms with Crippen LogP contribution in [0.1, 0.15) is 36.9 Å². The van der Waals surface area contributed by atoms with Crippen LogP contribution in [0.25, 0.3) is 0 Å². The molecule has 4 nitrogen and oxygen atoms in total. The van der Waals surface area contributed by atoms with Gasteiger partial charge in [-0.15, -0.1) is 0 Å². The van der Waals surface area contributed by atoms with Gasteiger partial charge in [0.15, 0.2) is 0 Å². The number of ether oxygens (including phenoxy) is 1. The number of hydrogen-bond acceptors (Lipinski definition) is 3. The van der Waals surface area contributed by atoms with Crippen LogP contribution in [0.5, 0.6) is 5.75 Å². The SMILES string of the molecule is Cc1cccnc1CC(=O)NC1CCC(Oc2cc(F)cc(F)c2)CC1. The van der Waals surface area contributed by atoms with Crippen LogP contribution in [-0.4, -0.2) is 23.0 Å². The fourth-order valence-corrected chi connectivity index (χ4v) is 3.25. The average molecular weight is 360 g/mol. The van der Waals surface area contributed by atoms with Crippen molar-refractivity contribution in [2.24, 2.45) is 0 Å². The van der Waals surface area contributed by atoms with E-state index in [0.29, 0.717) is 0 Å². The normalized spacial score (nSPS) is 19.8. The van der Waals surface area contributed by atoms with Crippen LogP contribution in [0.15, 0.2) is 36.5 Å². The summed E-state index contributed by atoms with van der Waals surface area (Å²) in [6.45, 7) is 1.94. The Labute approximate surface area is 151 Å². The first-order valence-corrected chi connectivity index (χ1v) is 8.82. The number of aromatic nitrogens is 1. The molecule has 0 unspecified atom stereocenters. The van der Waals surface area contributed by atoms with Crippen molar-refractivity contribution < 1.29 is 18.3 Å². The Morgan fingerprint density at radius 2 is 1.88 bits per heavy atom. The zero-order valence-corrected chi connectivity index (χ0v) is 14.7. The van der Waals surface area contributed by atoms with Gasteiger partial charge in [-0.05, 0) is 44.2 Å². The standard InChI is InChI=1S/C20H22F2N2O2/c1-13-3-2-8-23-19(13)12-20(25)24-16-4-6-17(7-5-16)26-18-10-14(21)9-15(22)11-18/h2-3,8-11,16-17H,4-7,12H2,1H3,(H,24,25). The molecule has 0 atom stereocenters. The summed E-state index contributed by atoms with van der Waals surface area (Å²) in [4.78, 5) is 16.5. The highest BCUT2D eigenvalue weighted by Gasteiger charge is 2.24. The van der Waals surface area contributed by atoms with E-state index in [9.17, 15) is 13.6 Å². The Kier molecular flexibility index (Phi) is 5.81. The molecular weight excluding hydrogens is 338 g/mol. The molecule has 1 N–H and O–H groups in total. The third-order valence-electron chi connectivity index (χ3n) is 4.62. The van der Waals surface area contributed by atoms with Crippen LogP contribution in [0.3, 0.4) is 0 Å². The molecule has 1 aromatic heterocycles. The van der Waals surface area contributed by atoms with Crippen LogP contribution in [0.4, 0.5) is 8.78 Å². The van der Waals surface area contributed by atoms with Crippen LogP contribution < -0.4 is 10.1 Å². The summed E-state index contributed by atoms with van der Waals surface area (Å²) < 4.78 is 32.1. The molecule has 1 amide bonds. The van der Waals surface area contributed by atoms with E-state index >= 15 is 0 Å². The molecule has 26 heavy (non-hydrogen) atoms. The second-order valence-corrected chi connectivity index (χ2v) is 6.71. The molecule has 1 aromatic carbocycles. The molecule has 0 radical (unpaired) electrons. The number of aryl methyl sites for hydroxylation is 1. The predicted octanol–water partition coefficient (Wildman–Crippen LogP) is 3.72. The summed E-state index contributed by atoms with van der Waals surface area (Å²) in [5, 5.41) is 3.04. The van der Waals surface area contributed by atoms with E-state index in [4.69, 9.17) is 4.74 Å². The molecule has 1 fully saturated rings. The highest BCUT2D eigenvalue weighted by molar-refractivity contribution is 5.78. The minimum absolute atomic E-state index is 0.0385. The predicted molar refractivity (Wildman–Crippen MR) is 93.9 cm³/mol. The van der Waals surface area contributed by atoms with Crippen molar-refractivity contribution in [3.63, 3.8) is 0 Å². The minimum atomic E-state index is -0.647. The Bertz CT molecular complexity index is 754. The first kappa shape index (κ1) is 18.3. The largest absolute Gasteiger partial charge is 0.490 e. The van der Waals surface area contributed by atoms with E-state index in [1.54, 1.807) is 6.20 Å². The Hall–Kier alpha value is -2.50. The smallest absolute Gasteiger partial charge is 0.226 e. The van der Waals surface area contributed by atoms with Gasteiger partial charge < -0.3 is 10.1 Å². The van der Waals surface area contributed by atoms with Crippen molar-refractivity contribution in [3.05, 3.63) is 59.4 Å². The molecule has 0 aliphatic heterocycles. The number of nitrogens with one attached hydrogen (secondary N) is 1. The third kappa shape index (κ3) is 5.00. The van der Waals surface area contributed by atoms with E-state index in [-0.39, 0.29) is 30.2 Å². The number of carbonyl (C=O) groups excluding carboxylic acids is 1. The van der Waals surface area contributed by atoms with E-state index in [2.05, 4.69) is 10.3 Å². The van der Waals surface area contributed by atoms with Crippen LogP contribution in [-0.2, 0) is 11.2 Å². The summed E-state index contributed by atoms with van der Waals surface area (Å²) in [7, 11) is 0. The lowest BCUT2D eigenvalue weighted by molar-refractivity contribution is -0.121. The van der Waals surface area contributed by atoms with Crippen molar-refractivity contribution in [1.29, 1.82) is 0 Å². The summed E-state index contributed by atoms with van der Waals surface area (Å²) in [6, 6.07) is 7.08. The number of amides is 1. The van der Waals surface area contributed by atoms with Crippen LogP contribution in [0, 0.1) is 18.6 Å². The molecule has 1 heterocycles. The van der Waals surface area contributed by atoms with E-state index < -0.39 is 11.6 Å². The molecule has 3 rings (SSSR count). The number of halogens is 2. The third-order valence-corrected chi connectivity index (χ3v) is 4.62. The van der Waals surface area contributed by atoms with Crippen LogP contribution in [0.2, 0.25) is 0 Å². The van der Waals surface area contributed by atoms with Crippen molar-refractivity contribution >= 4 is 5.91 Å². The molecule has 1 aliphatic rings. The van der Waals surface area contributed by atoms with Crippen molar-refractivity contribution in [2.75, 3.05) is 0 Å². The van der Waals surface area contributed by atoms with Crippen LogP contribution >= 0.6 is 0 Å². The minimum Gasteiger partial charge on any atom is -0.490 e. The molecule has 6 heteroatoms. The Morgan fingerprint density at radius 1 is 1.19 bits per heavy atom. The topological polar surface area (TPSA) is 51.2 Å². The fraction of sp³-hybridized carbons (Fsp3) is 0.400. The second-order valence-electron chi connectivity index (χ2n) is 6.71. The number of nitrogens with zero attached hydrogens (tertiary/aromatic N) is 1.